The minimum Gasteiger partial charge on any atom is -0.469 e. The Kier molecular flexibility index (Phi) is 14.5. The topological polar surface area (TPSA) is 262 Å². The summed E-state index contributed by atoms with van der Waals surface area (Å²) in [4.78, 5) is 81.8. The highest BCUT2D eigenvalue weighted by atomic mass is 16.6. The lowest BCUT2D eigenvalue weighted by Crippen LogP contribution is -2.50. The molecule has 2 aromatic rings. The molecule has 1 aliphatic rings. The lowest BCUT2D eigenvalue weighted by Gasteiger charge is -2.33. The van der Waals surface area contributed by atoms with Crippen molar-refractivity contribution >= 4 is 59.0 Å². The van der Waals surface area contributed by atoms with Crippen LogP contribution in [0.5, 0.6) is 0 Å². The fourth-order valence-corrected chi connectivity index (χ4v) is 5.30. The molecule has 18 nitrogen and oxygen atoms in total. The van der Waals surface area contributed by atoms with E-state index in [0.717, 1.165) is 40.7 Å². The van der Waals surface area contributed by atoms with Crippen LogP contribution in [-0.2, 0) is 42.9 Å². The Labute approximate surface area is 288 Å². The molecular formula is C32H43N7O11. The molecule has 5 atom stereocenters. The Hall–Kier alpha value is -5.68. The summed E-state index contributed by atoms with van der Waals surface area (Å²) >= 11 is 0. The number of aromatic nitrogens is 2. The minimum absolute atomic E-state index is 0.0488. The zero-order valence-electron chi connectivity index (χ0n) is 28.3. The van der Waals surface area contributed by atoms with Gasteiger partial charge >= 0.3 is 30.0 Å². The Morgan fingerprint density at radius 3 is 2.24 bits per heavy atom. The standard InChI is InChI=1S/C32H43N7O11/c1-17(40)47-15-22(13-23(30(44)46-4)27(49-19(3)42)16-48-18(2)41)50-32(45)38-26-11-6-5-10-25(26)37-31-35-14-24(28(34)43)29(39-31)36-21-9-7-8-20(33)12-21/h7-9,12,14,22-23,25-27H,5-6,10-11,13,15-16,33H2,1-4H3,(H2,34,43)(H,38,45)(H2,35,36,37,39)/t22-,23?,25-,26+,27+/m1/s1. The number of benzene rings is 1. The van der Waals surface area contributed by atoms with E-state index >= 15 is 0 Å². The van der Waals surface area contributed by atoms with Gasteiger partial charge < -0.3 is 51.1 Å². The summed E-state index contributed by atoms with van der Waals surface area (Å²) in [6.07, 6.45) is 0.364. The van der Waals surface area contributed by atoms with Gasteiger partial charge in [0.05, 0.1) is 13.2 Å². The monoisotopic (exact) mass is 701 g/mol. The molecule has 1 saturated carbocycles. The van der Waals surface area contributed by atoms with Crippen molar-refractivity contribution in [3.63, 3.8) is 0 Å². The van der Waals surface area contributed by atoms with E-state index in [2.05, 4.69) is 25.9 Å². The number of methoxy groups -OCH3 is 1. The Morgan fingerprint density at radius 1 is 0.940 bits per heavy atom. The van der Waals surface area contributed by atoms with Gasteiger partial charge in [-0.2, -0.15) is 4.98 Å². The van der Waals surface area contributed by atoms with E-state index in [9.17, 15) is 28.8 Å². The van der Waals surface area contributed by atoms with Crippen molar-refractivity contribution in [1.82, 2.24) is 15.3 Å². The number of nitrogens with one attached hydrogen (secondary N) is 3. The molecule has 1 aromatic carbocycles. The third-order valence-electron chi connectivity index (χ3n) is 7.57. The first-order valence-corrected chi connectivity index (χ1v) is 15.8. The van der Waals surface area contributed by atoms with Crippen LogP contribution in [0.25, 0.3) is 0 Å². The van der Waals surface area contributed by atoms with Crippen LogP contribution in [0.1, 0.15) is 63.2 Å². The third-order valence-corrected chi connectivity index (χ3v) is 7.57. The number of alkyl carbamates (subject to hydrolysis) is 1. The smallest absolute Gasteiger partial charge is 0.407 e. The van der Waals surface area contributed by atoms with Gasteiger partial charge in [0.2, 0.25) is 5.95 Å². The highest BCUT2D eigenvalue weighted by Gasteiger charge is 2.37. The summed E-state index contributed by atoms with van der Waals surface area (Å²) in [6.45, 7) is 2.49. The lowest BCUT2D eigenvalue weighted by atomic mass is 9.90. The number of nitrogens with zero attached hydrogens (tertiary/aromatic N) is 2. The third kappa shape index (κ3) is 12.4. The molecule has 7 N–H and O–H groups in total. The predicted octanol–water partition coefficient (Wildman–Crippen LogP) is 1.96. The number of hydrogen-bond donors (Lipinski definition) is 5. The maximum atomic E-state index is 13.3. The second kappa shape index (κ2) is 18.8. The normalized spacial score (nSPS) is 17.1. The predicted molar refractivity (Wildman–Crippen MR) is 177 cm³/mol. The average molecular weight is 702 g/mol. The van der Waals surface area contributed by atoms with Gasteiger partial charge in [0, 0.05) is 50.8 Å². The van der Waals surface area contributed by atoms with Gasteiger partial charge in [-0.3, -0.25) is 24.0 Å². The number of amides is 2. The molecule has 18 heteroatoms. The van der Waals surface area contributed by atoms with Crippen LogP contribution in [0, 0.1) is 5.92 Å². The number of nitrogen functional groups attached to an aromatic ring is 1. The molecule has 1 aliphatic carbocycles. The van der Waals surface area contributed by atoms with Crippen molar-refractivity contribution in [3.05, 3.63) is 36.0 Å². The summed E-state index contributed by atoms with van der Waals surface area (Å²) in [5.41, 5.74) is 12.5. The molecule has 1 heterocycles. The summed E-state index contributed by atoms with van der Waals surface area (Å²) < 4.78 is 25.8. The first-order valence-electron chi connectivity index (χ1n) is 15.8. The van der Waals surface area contributed by atoms with Crippen molar-refractivity contribution in [2.75, 3.05) is 36.7 Å². The summed E-state index contributed by atoms with van der Waals surface area (Å²) in [5.74, 6) is -4.67. The van der Waals surface area contributed by atoms with E-state index in [-0.39, 0.29) is 29.8 Å². The molecule has 50 heavy (non-hydrogen) atoms. The Bertz CT molecular complexity index is 1540. The van der Waals surface area contributed by atoms with Gasteiger partial charge in [-0.05, 0) is 31.0 Å². The van der Waals surface area contributed by atoms with Gasteiger partial charge in [-0.25, -0.2) is 9.78 Å². The number of primary amides is 1. The van der Waals surface area contributed by atoms with Gasteiger partial charge in [0.15, 0.2) is 0 Å². The molecule has 1 aromatic heterocycles. The maximum absolute atomic E-state index is 13.3. The van der Waals surface area contributed by atoms with Crippen LogP contribution in [0.3, 0.4) is 0 Å². The van der Waals surface area contributed by atoms with Crippen LogP contribution >= 0.6 is 0 Å². The van der Waals surface area contributed by atoms with E-state index in [1.54, 1.807) is 24.3 Å². The number of rotatable bonds is 16. The zero-order chi connectivity index (χ0) is 36.8. The van der Waals surface area contributed by atoms with Crippen molar-refractivity contribution in [2.24, 2.45) is 11.7 Å². The van der Waals surface area contributed by atoms with E-state index in [1.165, 1.54) is 6.20 Å². The number of hydrogen-bond acceptors (Lipinski definition) is 16. The molecule has 0 aliphatic heterocycles. The van der Waals surface area contributed by atoms with Crippen LogP contribution in [0.2, 0.25) is 0 Å². The quantitative estimate of drug-likeness (QED) is 0.0951. The van der Waals surface area contributed by atoms with Gasteiger partial charge in [-0.15, -0.1) is 0 Å². The molecule has 3 rings (SSSR count). The Morgan fingerprint density at radius 2 is 1.62 bits per heavy atom. The molecule has 2 amide bonds. The molecule has 272 valence electrons. The van der Waals surface area contributed by atoms with E-state index in [4.69, 9.17) is 35.2 Å². The zero-order valence-corrected chi connectivity index (χ0v) is 28.3. The number of ether oxygens (including phenoxy) is 5. The number of nitrogens with two attached hydrogens (primary N) is 2. The first kappa shape index (κ1) is 38.8. The summed E-state index contributed by atoms with van der Waals surface area (Å²) in [6, 6.07) is 5.97. The SMILES string of the molecule is COC(=O)C(C[C@H](COC(C)=O)OC(=O)N[C@H]1CCCC[C@H]1Nc1ncc(C(N)=O)c(Nc2cccc(N)c2)n1)[C@H](COC(C)=O)OC(C)=O. The summed E-state index contributed by atoms with van der Waals surface area (Å²) in [5, 5.41) is 9.07. The molecule has 1 unspecified atom stereocenters. The van der Waals surface area contributed by atoms with Gasteiger partial charge in [0.25, 0.3) is 5.91 Å². The highest BCUT2D eigenvalue weighted by molar-refractivity contribution is 5.98. The molecule has 0 radical (unpaired) electrons. The maximum Gasteiger partial charge on any atom is 0.407 e. The van der Waals surface area contributed by atoms with Crippen LogP contribution in [0.4, 0.5) is 27.9 Å². The minimum atomic E-state index is -1.29. The fraction of sp³-hybridized carbons (Fsp3) is 0.500. The van der Waals surface area contributed by atoms with Crippen molar-refractivity contribution in [1.29, 1.82) is 0 Å². The number of carbonyl (C=O) groups is 6. The molecule has 1 fully saturated rings. The number of anilines is 4. The van der Waals surface area contributed by atoms with Crippen molar-refractivity contribution < 1.29 is 52.5 Å². The van der Waals surface area contributed by atoms with E-state index < -0.39 is 73.3 Å². The van der Waals surface area contributed by atoms with Gasteiger partial charge in [0.1, 0.15) is 42.7 Å². The average Bonchev–Trinajstić information content (AvgIpc) is 3.04. The molecular weight excluding hydrogens is 658 g/mol. The number of esters is 4. The molecule has 0 bridgehead atoms. The summed E-state index contributed by atoms with van der Waals surface area (Å²) in [7, 11) is 1.11. The van der Waals surface area contributed by atoms with E-state index in [1.807, 2.05) is 0 Å². The fourth-order valence-electron chi connectivity index (χ4n) is 5.30. The van der Waals surface area contributed by atoms with Crippen LogP contribution in [-0.4, -0.2) is 90.5 Å². The van der Waals surface area contributed by atoms with Crippen LogP contribution < -0.4 is 27.4 Å². The number of carbonyl (C=O) groups excluding carboxylic acids is 6. The van der Waals surface area contributed by atoms with Gasteiger partial charge in [-0.1, -0.05) is 18.9 Å². The second-order valence-electron chi connectivity index (χ2n) is 11.5. The van der Waals surface area contributed by atoms with E-state index in [0.29, 0.717) is 24.2 Å². The van der Waals surface area contributed by atoms with Crippen molar-refractivity contribution in [3.8, 4) is 0 Å². The largest absolute Gasteiger partial charge is 0.469 e. The van der Waals surface area contributed by atoms with Crippen molar-refractivity contribution in [2.45, 2.75) is 77.2 Å². The Balaban J connectivity index is 1.77. The molecule has 0 saturated heterocycles. The van der Waals surface area contributed by atoms with Crippen LogP contribution in [0.15, 0.2) is 30.5 Å². The second-order valence-corrected chi connectivity index (χ2v) is 11.5. The first-order chi connectivity index (χ1) is 23.7. The highest BCUT2D eigenvalue weighted by Crippen LogP contribution is 2.25. The molecule has 0 spiro atoms. The lowest BCUT2D eigenvalue weighted by molar-refractivity contribution is -0.169.